The van der Waals surface area contributed by atoms with Gasteiger partial charge in [-0.05, 0) is 23.6 Å². The lowest BCUT2D eigenvalue weighted by Crippen LogP contribution is -2.21. The van der Waals surface area contributed by atoms with E-state index in [0.29, 0.717) is 29.2 Å². The standard InChI is InChI=1S/C18H13N3O4S2/c1-2-5-13-12(4-1)22-9-15(23-13)17-19-20-18(24-17)27-10-11-8-14(25-21-11)16-6-3-7-26-16/h1-8,15H,9-10H2/t15-/m1/s1. The van der Waals surface area contributed by atoms with E-state index >= 15 is 0 Å². The molecule has 0 amide bonds. The second-order valence-electron chi connectivity index (χ2n) is 5.72. The summed E-state index contributed by atoms with van der Waals surface area (Å²) in [7, 11) is 0. The Morgan fingerprint density at radius 2 is 2.04 bits per heavy atom. The lowest BCUT2D eigenvalue weighted by Gasteiger charge is -2.23. The van der Waals surface area contributed by atoms with Crippen LogP contribution >= 0.6 is 23.1 Å². The van der Waals surface area contributed by atoms with E-state index in [9.17, 15) is 0 Å². The Balaban J connectivity index is 1.23. The lowest BCUT2D eigenvalue weighted by molar-refractivity contribution is 0.0686. The molecule has 9 heteroatoms. The first-order valence-corrected chi connectivity index (χ1v) is 10.1. The molecule has 4 aromatic rings. The molecule has 1 atom stereocenters. The summed E-state index contributed by atoms with van der Waals surface area (Å²) in [6.07, 6.45) is -0.417. The van der Waals surface area contributed by atoms with E-state index in [1.807, 2.05) is 47.8 Å². The summed E-state index contributed by atoms with van der Waals surface area (Å²) in [6, 6.07) is 13.4. The van der Waals surface area contributed by atoms with Crippen LogP contribution in [0, 0.1) is 0 Å². The fourth-order valence-corrected chi connectivity index (χ4v) is 3.92. The second-order valence-corrected chi connectivity index (χ2v) is 7.59. The van der Waals surface area contributed by atoms with Crippen LogP contribution in [-0.2, 0) is 5.75 Å². The normalized spacial score (nSPS) is 15.8. The monoisotopic (exact) mass is 399 g/mol. The van der Waals surface area contributed by atoms with Crippen LogP contribution in [0.25, 0.3) is 10.6 Å². The van der Waals surface area contributed by atoms with Crippen molar-refractivity contribution in [2.24, 2.45) is 0 Å². The summed E-state index contributed by atoms with van der Waals surface area (Å²) >= 11 is 3.01. The van der Waals surface area contributed by atoms with Gasteiger partial charge >= 0.3 is 0 Å². The van der Waals surface area contributed by atoms with Crippen LogP contribution in [0.15, 0.2) is 62.0 Å². The van der Waals surface area contributed by atoms with Gasteiger partial charge in [0.05, 0.1) is 10.6 Å². The molecule has 136 valence electrons. The van der Waals surface area contributed by atoms with Gasteiger partial charge in [0.15, 0.2) is 17.3 Å². The van der Waals surface area contributed by atoms with E-state index in [1.165, 1.54) is 11.8 Å². The number of rotatable bonds is 5. The zero-order chi connectivity index (χ0) is 18.1. The summed E-state index contributed by atoms with van der Waals surface area (Å²) in [5.41, 5.74) is 0.814. The number of hydrogen-bond donors (Lipinski definition) is 0. The van der Waals surface area contributed by atoms with Crippen LogP contribution < -0.4 is 9.47 Å². The molecule has 0 radical (unpaired) electrons. The molecule has 4 heterocycles. The molecule has 0 aliphatic carbocycles. The number of para-hydroxylation sites is 2. The largest absolute Gasteiger partial charge is 0.485 e. The van der Waals surface area contributed by atoms with E-state index in [2.05, 4.69) is 15.4 Å². The topological polar surface area (TPSA) is 83.4 Å². The molecule has 1 aliphatic heterocycles. The van der Waals surface area contributed by atoms with E-state index in [0.717, 1.165) is 22.1 Å². The van der Waals surface area contributed by atoms with Gasteiger partial charge in [-0.1, -0.05) is 35.1 Å². The molecule has 5 rings (SSSR count). The number of thioether (sulfide) groups is 1. The Hall–Kier alpha value is -2.78. The maximum absolute atomic E-state index is 5.88. The third-order valence-electron chi connectivity index (χ3n) is 3.87. The Labute approximate surface area is 162 Å². The molecule has 3 aromatic heterocycles. The number of aromatic nitrogens is 3. The minimum absolute atomic E-state index is 0.330. The number of thiophene rings is 1. The fraction of sp³-hybridized carbons (Fsp3) is 0.167. The minimum atomic E-state index is -0.417. The minimum Gasteiger partial charge on any atom is -0.485 e. The van der Waals surface area contributed by atoms with Crippen LogP contribution in [0.5, 0.6) is 11.5 Å². The van der Waals surface area contributed by atoms with Gasteiger partial charge in [0, 0.05) is 11.8 Å². The Kier molecular flexibility index (Phi) is 4.30. The quantitative estimate of drug-likeness (QED) is 0.451. The van der Waals surface area contributed by atoms with Gasteiger partial charge in [-0.15, -0.1) is 21.5 Å². The zero-order valence-corrected chi connectivity index (χ0v) is 15.5. The van der Waals surface area contributed by atoms with Gasteiger partial charge in [0.25, 0.3) is 11.1 Å². The molecular formula is C18H13N3O4S2. The molecule has 0 fully saturated rings. The predicted molar refractivity (Wildman–Crippen MR) is 99.0 cm³/mol. The Morgan fingerprint density at radius 3 is 2.93 bits per heavy atom. The number of hydrogen-bond acceptors (Lipinski definition) is 9. The van der Waals surface area contributed by atoms with Crippen molar-refractivity contribution in [2.75, 3.05) is 6.61 Å². The molecule has 0 bridgehead atoms. The van der Waals surface area contributed by atoms with Gasteiger partial charge in [0.1, 0.15) is 6.61 Å². The SMILES string of the molecule is c1csc(-c2cc(CSc3nnc([C@H]4COc5ccccc5O4)o3)no2)c1. The molecule has 1 aliphatic rings. The number of benzene rings is 1. The van der Waals surface area contributed by atoms with E-state index in [1.54, 1.807) is 11.3 Å². The number of nitrogens with zero attached hydrogens (tertiary/aromatic N) is 3. The molecular weight excluding hydrogens is 386 g/mol. The summed E-state index contributed by atoms with van der Waals surface area (Å²) < 4.78 is 22.7. The van der Waals surface area contributed by atoms with Crippen molar-refractivity contribution in [3.05, 3.63) is 59.4 Å². The van der Waals surface area contributed by atoms with Crippen molar-refractivity contribution in [2.45, 2.75) is 17.1 Å². The molecule has 27 heavy (non-hydrogen) atoms. The van der Waals surface area contributed by atoms with E-state index in [4.69, 9.17) is 18.4 Å². The number of ether oxygens (including phenoxy) is 2. The average Bonchev–Trinajstić information content (AvgIpc) is 3.47. The van der Waals surface area contributed by atoms with Crippen LogP contribution in [0.1, 0.15) is 17.7 Å². The van der Waals surface area contributed by atoms with Crippen molar-refractivity contribution in [1.82, 2.24) is 15.4 Å². The first kappa shape index (κ1) is 16.4. The second kappa shape index (κ2) is 7.09. The van der Waals surface area contributed by atoms with Crippen molar-refractivity contribution in [3.63, 3.8) is 0 Å². The fourth-order valence-electron chi connectivity index (χ4n) is 2.60. The molecule has 0 unspecified atom stereocenters. The van der Waals surface area contributed by atoms with Crippen LogP contribution in [0.2, 0.25) is 0 Å². The van der Waals surface area contributed by atoms with Gasteiger partial charge in [-0.2, -0.15) is 0 Å². The molecule has 0 N–H and O–H groups in total. The van der Waals surface area contributed by atoms with Gasteiger partial charge in [-0.25, -0.2) is 0 Å². The lowest BCUT2D eigenvalue weighted by atomic mass is 10.2. The van der Waals surface area contributed by atoms with Crippen molar-refractivity contribution < 1.29 is 18.4 Å². The predicted octanol–water partition coefficient (Wildman–Crippen LogP) is 4.59. The smallest absolute Gasteiger partial charge is 0.277 e. The van der Waals surface area contributed by atoms with Crippen molar-refractivity contribution >= 4 is 23.1 Å². The van der Waals surface area contributed by atoms with Gasteiger partial charge in [-0.3, -0.25) is 0 Å². The van der Waals surface area contributed by atoms with Crippen LogP contribution in [0.4, 0.5) is 0 Å². The molecule has 0 saturated carbocycles. The number of fused-ring (bicyclic) bond motifs is 1. The first-order chi connectivity index (χ1) is 13.3. The molecule has 7 nitrogen and oxygen atoms in total. The highest BCUT2D eigenvalue weighted by atomic mass is 32.2. The summed E-state index contributed by atoms with van der Waals surface area (Å²) in [5.74, 6) is 3.12. The van der Waals surface area contributed by atoms with Crippen molar-refractivity contribution in [1.29, 1.82) is 0 Å². The molecule has 1 aromatic carbocycles. The third kappa shape index (κ3) is 3.43. The average molecular weight is 399 g/mol. The van der Waals surface area contributed by atoms with E-state index in [-0.39, 0.29) is 0 Å². The summed E-state index contributed by atoms with van der Waals surface area (Å²) in [6.45, 7) is 0.330. The highest BCUT2D eigenvalue weighted by Gasteiger charge is 2.27. The summed E-state index contributed by atoms with van der Waals surface area (Å²) in [4.78, 5) is 1.05. The summed E-state index contributed by atoms with van der Waals surface area (Å²) in [5, 5.41) is 14.7. The Morgan fingerprint density at radius 1 is 1.11 bits per heavy atom. The highest BCUT2D eigenvalue weighted by Crippen LogP contribution is 2.36. The molecule has 0 spiro atoms. The van der Waals surface area contributed by atoms with E-state index < -0.39 is 6.10 Å². The maximum atomic E-state index is 5.88. The van der Waals surface area contributed by atoms with Gasteiger partial charge < -0.3 is 18.4 Å². The Bertz CT molecular complexity index is 1040. The van der Waals surface area contributed by atoms with Crippen LogP contribution in [0.3, 0.4) is 0 Å². The zero-order valence-electron chi connectivity index (χ0n) is 13.9. The van der Waals surface area contributed by atoms with Crippen LogP contribution in [-0.4, -0.2) is 22.0 Å². The third-order valence-corrected chi connectivity index (χ3v) is 5.61. The van der Waals surface area contributed by atoms with Gasteiger partial charge in [0.2, 0.25) is 6.10 Å². The van der Waals surface area contributed by atoms with Crippen molar-refractivity contribution in [3.8, 4) is 22.1 Å². The molecule has 0 saturated heterocycles. The highest BCUT2D eigenvalue weighted by molar-refractivity contribution is 7.98. The first-order valence-electron chi connectivity index (χ1n) is 8.19. The maximum Gasteiger partial charge on any atom is 0.277 e.